The lowest BCUT2D eigenvalue weighted by molar-refractivity contribution is -0.150. The maximum Gasteiger partial charge on any atom is 0.325 e. The minimum atomic E-state index is -0.374. The molecule has 134 valence electrons. The number of esters is 1. The molecule has 1 aromatic carbocycles. The van der Waals surface area contributed by atoms with Crippen molar-refractivity contribution in [1.29, 1.82) is 0 Å². The highest BCUT2D eigenvalue weighted by atomic mass is 16.5. The van der Waals surface area contributed by atoms with E-state index in [4.69, 9.17) is 4.74 Å². The Kier molecular flexibility index (Phi) is 9.13. The number of unbranched alkanes of at least 4 members (excludes halogenated alkanes) is 1. The lowest BCUT2D eigenvalue weighted by atomic mass is 9.92. The molecule has 0 N–H and O–H groups in total. The number of nitrogens with zero attached hydrogens (tertiary/aromatic N) is 1. The van der Waals surface area contributed by atoms with Gasteiger partial charge in [0.1, 0.15) is 13.2 Å². The van der Waals surface area contributed by atoms with Gasteiger partial charge in [-0.2, -0.15) is 0 Å². The van der Waals surface area contributed by atoms with Gasteiger partial charge < -0.3 is 9.64 Å². The van der Waals surface area contributed by atoms with E-state index in [9.17, 15) is 9.59 Å². The molecule has 0 heterocycles. The van der Waals surface area contributed by atoms with Crippen LogP contribution in [0.5, 0.6) is 0 Å². The summed E-state index contributed by atoms with van der Waals surface area (Å²) in [6, 6.07) is 9.53. The summed E-state index contributed by atoms with van der Waals surface area (Å²) in [5.41, 5.74) is 0.943. The van der Waals surface area contributed by atoms with E-state index < -0.39 is 0 Å². The highest BCUT2D eigenvalue weighted by molar-refractivity contribution is 5.83. The Morgan fingerprint density at radius 3 is 2.46 bits per heavy atom. The normalized spacial score (nSPS) is 13.2. The van der Waals surface area contributed by atoms with Crippen LogP contribution in [-0.4, -0.2) is 30.4 Å². The monoisotopic (exact) mass is 333 g/mol. The summed E-state index contributed by atoms with van der Waals surface area (Å²) in [6.45, 7) is 6.55. The molecule has 0 radical (unpaired) electrons. The maximum absolute atomic E-state index is 12.4. The zero-order chi connectivity index (χ0) is 17.9. The average Bonchev–Trinajstić information content (AvgIpc) is 2.58. The molecule has 1 amide bonds. The quantitative estimate of drug-likeness (QED) is 0.607. The van der Waals surface area contributed by atoms with Crippen LogP contribution in [0, 0.1) is 11.8 Å². The van der Waals surface area contributed by atoms with Crippen LogP contribution in [0.2, 0.25) is 0 Å². The van der Waals surface area contributed by atoms with Crippen molar-refractivity contribution in [2.24, 2.45) is 11.8 Å². The second-order valence-corrected chi connectivity index (χ2v) is 6.72. The fourth-order valence-corrected chi connectivity index (χ4v) is 2.81. The zero-order valence-corrected chi connectivity index (χ0v) is 15.5. The summed E-state index contributed by atoms with van der Waals surface area (Å²) in [5, 5.41) is 0. The Bertz CT molecular complexity index is 501. The van der Waals surface area contributed by atoms with E-state index in [0.717, 1.165) is 18.4 Å². The van der Waals surface area contributed by atoms with Gasteiger partial charge in [0.05, 0.1) is 0 Å². The summed E-state index contributed by atoms with van der Waals surface area (Å²) in [7, 11) is 1.67. The number of hydrogen-bond donors (Lipinski definition) is 0. The number of carbonyl (C=O) groups is 2. The molecule has 4 heteroatoms. The predicted octanol–water partition coefficient (Wildman–Crippen LogP) is 4.04. The summed E-state index contributed by atoms with van der Waals surface area (Å²) in [6.07, 6.45) is 4.39. The van der Waals surface area contributed by atoms with E-state index in [0.29, 0.717) is 5.92 Å². The van der Waals surface area contributed by atoms with Crippen LogP contribution in [0.3, 0.4) is 0 Å². The molecule has 0 aliphatic carbocycles. The van der Waals surface area contributed by atoms with Crippen molar-refractivity contribution in [1.82, 2.24) is 4.90 Å². The third kappa shape index (κ3) is 7.62. The van der Waals surface area contributed by atoms with Crippen molar-refractivity contribution in [3.63, 3.8) is 0 Å². The molecule has 0 fully saturated rings. The molecular formula is C20H31NO3. The van der Waals surface area contributed by atoms with E-state index >= 15 is 0 Å². The number of ether oxygens (including phenoxy) is 1. The molecule has 0 aliphatic rings. The van der Waals surface area contributed by atoms with Gasteiger partial charge in [-0.25, -0.2) is 0 Å². The van der Waals surface area contributed by atoms with Crippen molar-refractivity contribution in [2.75, 3.05) is 13.6 Å². The number of hydrogen-bond acceptors (Lipinski definition) is 3. The number of rotatable bonds is 10. The van der Waals surface area contributed by atoms with Crippen molar-refractivity contribution < 1.29 is 14.3 Å². The Hall–Kier alpha value is -1.84. The van der Waals surface area contributed by atoms with Gasteiger partial charge in [-0.1, -0.05) is 70.4 Å². The number of carbonyl (C=O) groups excluding carboxylic acids is 2. The van der Waals surface area contributed by atoms with Crippen LogP contribution in [0.15, 0.2) is 30.3 Å². The minimum absolute atomic E-state index is 0.000647. The van der Waals surface area contributed by atoms with E-state index in [1.165, 1.54) is 17.7 Å². The van der Waals surface area contributed by atoms with E-state index in [-0.39, 0.29) is 30.9 Å². The molecule has 1 aromatic rings. The van der Waals surface area contributed by atoms with Crippen LogP contribution < -0.4 is 0 Å². The molecule has 1 rings (SSSR count). The van der Waals surface area contributed by atoms with Crippen LogP contribution in [0.1, 0.15) is 52.0 Å². The van der Waals surface area contributed by atoms with Gasteiger partial charge in [0, 0.05) is 13.0 Å². The second kappa shape index (κ2) is 10.8. The lowest BCUT2D eigenvalue weighted by Gasteiger charge is -2.22. The Morgan fingerprint density at radius 2 is 1.83 bits per heavy atom. The van der Waals surface area contributed by atoms with Gasteiger partial charge >= 0.3 is 5.97 Å². The van der Waals surface area contributed by atoms with Gasteiger partial charge in [0.2, 0.25) is 5.91 Å². The number of likely N-dealkylation sites (N-methyl/N-ethyl adjacent to an activating group) is 1. The molecule has 0 spiro atoms. The molecule has 4 nitrogen and oxygen atoms in total. The van der Waals surface area contributed by atoms with E-state index in [2.05, 4.69) is 13.8 Å². The molecule has 0 saturated heterocycles. The second-order valence-electron chi connectivity index (χ2n) is 6.72. The smallest absolute Gasteiger partial charge is 0.325 e. The topological polar surface area (TPSA) is 46.6 Å². The standard InChI is InChI=1S/C20H31NO3/c1-5-6-10-16(2)13-17(3)20(23)21(4)14-19(22)24-15-18-11-8-7-9-12-18/h7-9,11-12,16-17H,5-6,10,13-15H2,1-4H3. The zero-order valence-electron chi connectivity index (χ0n) is 15.5. The van der Waals surface area contributed by atoms with Crippen molar-refractivity contribution in [3.8, 4) is 0 Å². The summed E-state index contributed by atoms with van der Waals surface area (Å²) in [4.78, 5) is 25.8. The fourth-order valence-electron chi connectivity index (χ4n) is 2.81. The molecule has 0 aliphatic heterocycles. The first-order chi connectivity index (χ1) is 11.4. The highest BCUT2D eigenvalue weighted by Crippen LogP contribution is 2.19. The Labute approximate surface area is 146 Å². The van der Waals surface area contributed by atoms with E-state index in [1.54, 1.807) is 7.05 Å². The summed E-state index contributed by atoms with van der Waals surface area (Å²) in [5.74, 6) is 0.0991. The van der Waals surface area contributed by atoms with Gasteiger partial charge in [-0.3, -0.25) is 9.59 Å². The molecule has 2 unspecified atom stereocenters. The SMILES string of the molecule is CCCCC(C)CC(C)C(=O)N(C)CC(=O)OCc1ccccc1. The van der Waals surface area contributed by atoms with Gasteiger partial charge in [-0.15, -0.1) is 0 Å². The van der Waals surface area contributed by atoms with Crippen molar-refractivity contribution in [2.45, 2.75) is 53.1 Å². The largest absolute Gasteiger partial charge is 0.459 e. The number of amides is 1. The first-order valence-electron chi connectivity index (χ1n) is 8.88. The molecule has 0 saturated carbocycles. The van der Waals surface area contributed by atoms with Crippen LogP contribution in [-0.2, 0) is 20.9 Å². The van der Waals surface area contributed by atoms with E-state index in [1.807, 2.05) is 37.3 Å². The van der Waals surface area contributed by atoms with Crippen molar-refractivity contribution in [3.05, 3.63) is 35.9 Å². The fraction of sp³-hybridized carbons (Fsp3) is 0.600. The lowest BCUT2D eigenvalue weighted by Crippen LogP contribution is -2.36. The third-order valence-corrected chi connectivity index (χ3v) is 4.21. The third-order valence-electron chi connectivity index (χ3n) is 4.21. The minimum Gasteiger partial charge on any atom is -0.459 e. The van der Waals surface area contributed by atoms with Crippen LogP contribution in [0.25, 0.3) is 0 Å². The summed E-state index contributed by atoms with van der Waals surface area (Å²) >= 11 is 0. The van der Waals surface area contributed by atoms with Gasteiger partial charge in [0.25, 0.3) is 0 Å². The first-order valence-corrected chi connectivity index (χ1v) is 8.88. The Balaban J connectivity index is 2.35. The molecular weight excluding hydrogens is 302 g/mol. The predicted molar refractivity (Wildman–Crippen MR) is 96.3 cm³/mol. The van der Waals surface area contributed by atoms with Gasteiger partial charge in [-0.05, 0) is 17.9 Å². The van der Waals surface area contributed by atoms with Crippen LogP contribution >= 0.6 is 0 Å². The maximum atomic E-state index is 12.4. The molecule has 24 heavy (non-hydrogen) atoms. The molecule has 0 bridgehead atoms. The highest BCUT2D eigenvalue weighted by Gasteiger charge is 2.21. The first kappa shape index (κ1) is 20.2. The average molecular weight is 333 g/mol. The van der Waals surface area contributed by atoms with Gasteiger partial charge in [0.15, 0.2) is 0 Å². The van der Waals surface area contributed by atoms with Crippen LogP contribution in [0.4, 0.5) is 0 Å². The molecule has 2 atom stereocenters. The number of benzene rings is 1. The van der Waals surface area contributed by atoms with Crippen molar-refractivity contribution >= 4 is 11.9 Å². The summed E-state index contributed by atoms with van der Waals surface area (Å²) < 4.78 is 5.23. The molecule has 0 aromatic heterocycles. The Morgan fingerprint density at radius 1 is 1.17 bits per heavy atom.